The smallest absolute Gasteiger partial charge is 0.326 e. The van der Waals surface area contributed by atoms with Crippen molar-refractivity contribution in [2.45, 2.75) is 177 Å². The first-order valence-corrected chi connectivity index (χ1v) is 26.7. The van der Waals surface area contributed by atoms with Gasteiger partial charge in [-0.3, -0.25) is 48.3 Å². The van der Waals surface area contributed by atoms with Crippen molar-refractivity contribution in [3.05, 3.63) is 0 Å². The number of nitrogens with two attached hydrogens (primary N) is 7. The van der Waals surface area contributed by atoms with Crippen LogP contribution in [0.15, 0.2) is 9.98 Å². The minimum atomic E-state index is -1.54. The zero-order chi connectivity index (χ0) is 56.5. The van der Waals surface area contributed by atoms with Crippen LogP contribution in [-0.4, -0.2) is 197 Å². The van der Waals surface area contributed by atoms with Gasteiger partial charge in [-0.1, -0.05) is 13.8 Å². The van der Waals surface area contributed by atoms with Crippen LogP contribution in [0, 0.1) is 5.92 Å². The largest absolute Gasteiger partial charge is 0.480 e. The fourth-order valence-corrected chi connectivity index (χ4v) is 9.65. The number of nitrogens with zero attached hydrogens (tertiary/aromatic N) is 5. The van der Waals surface area contributed by atoms with Gasteiger partial charge in [-0.25, -0.2) is 4.79 Å². The molecule has 28 heteroatoms. The number of nitrogens with one attached hydrogen (secondary N) is 5. The Morgan fingerprint density at radius 1 is 0.539 bits per heavy atom. The molecule has 0 aromatic carbocycles. The van der Waals surface area contributed by atoms with Gasteiger partial charge < -0.3 is 91.6 Å². The minimum Gasteiger partial charge on any atom is -0.480 e. The molecule has 9 atom stereocenters. The molecular formula is C48H87N17O11. The number of aliphatic hydroxyl groups excluding tert-OH is 1. The first kappa shape index (κ1) is 63.9. The van der Waals surface area contributed by atoms with Crippen molar-refractivity contribution in [3.8, 4) is 0 Å². The van der Waals surface area contributed by atoms with Crippen LogP contribution in [0.2, 0.25) is 0 Å². The topological polar surface area (TPSA) is 471 Å². The minimum absolute atomic E-state index is 0.0220. The van der Waals surface area contributed by atoms with Crippen LogP contribution in [0.4, 0.5) is 0 Å². The Labute approximate surface area is 444 Å². The summed E-state index contributed by atoms with van der Waals surface area (Å²) in [5.74, 6) is -6.77. The quantitative estimate of drug-likeness (QED) is 0.0167. The molecule has 3 aliphatic rings. The molecule has 3 fully saturated rings. The van der Waals surface area contributed by atoms with Crippen molar-refractivity contribution < 1.29 is 53.4 Å². The molecule has 0 radical (unpaired) electrons. The fourth-order valence-electron chi connectivity index (χ4n) is 9.65. The van der Waals surface area contributed by atoms with Gasteiger partial charge in [-0.05, 0) is 128 Å². The second-order valence-corrected chi connectivity index (χ2v) is 20.1. The Balaban J connectivity index is 1.79. The molecule has 430 valence electrons. The zero-order valence-corrected chi connectivity index (χ0v) is 44.3. The van der Waals surface area contributed by atoms with E-state index in [4.69, 9.17) is 40.1 Å². The van der Waals surface area contributed by atoms with Crippen molar-refractivity contribution in [1.29, 1.82) is 0 Å². The highest BCUT2D eigenvalue weighted by atomic mass is 16.4. The molecule has 0 aromatic rings. The summed E-state index contributed by atoms with van der Waals surface area (Å²) < 4.78 is 0. The summed E-state index contributed by atoms with van der Waals surface area (Å²) in [5, 5.41) is 32.9. The molecular weight excluding hydrogens is 991 g/mol. The Bertz CT molecular complexity index is 2020. The van der Waals surface area contributed by atoms with E-state index >= 15 is 0 Å². The Kier molecular flexibility index (Phi) is 27.7. The van der Waals surface area contributed by atoms with Crippen molar-refractivity contribution in [1.82, 2.24) is 41.3 Å². The third-order valence-electron chi connectivity index (χ3n) is 13.6. The SMILES string of the molecule is CC(C)C[C@H](NC(=O)[C@H](CCCCN)NC(=O)[C@@H](N)CCCN=C(N)N)C(=O)N1CCC[C@H]1C(=O)N1CCC[C@H]1C(=O)N[C@@H](CCCN=C(N)N)C(=O)N1CCC[C@H]1C(=O)N[C@@H](CO)C(=O)N[C@@H](CCCCN)C(=O)O. The summed E-state index contributed by atoms with van der Waals surface area (Å²) in [6.45, 7) is 4.43. The molecule has 0 spiro atoms. The molecule has 3 saturated heterocycles. The number of carbonyl (C=O) groups is 9. The maximum absolute atomic E-state index is 14.6. The zero-order valence-electron chi connectivity index (χ0n) is 44.3. The molecule has 0 aromatic heterocycles. The number of guanidine groups is 2. The van der Waals surface area contributed by atoms with E-state index in [2.05, 4.69) is 36.6 Å². The highest BCUT2D eigenvalue weighted by molar-refractivity contribution is 5.98. The van der Waals surface area contributed by atoms with Crippen molar-refractivity contribution in [3.63, 3.8) is 0 Å². The summed E-state index contributed by atoms with van der Waals surface area (Å²) in [4.78, 5) is 136. The number of carbonyl (C=O) groups excluding carboxylic acids is 8. The number of hydrogen-bond acceptors (Lipinski definition) is 15. The van der Waals surface area contributed by atoms with Gasteiger partial charge in [-0.15, -0.1) is 0 Å². The Hall–Kier alpha value is -6.39. The number of aliphatic imine (C=N–C) groups is 2. The molecule has 0 bridgehead atoms. The van der Waals surface area contributed by atoms with Crippen molar-refractivity contribution >= 4 is 65.1 Å². The van der Waals surface area contributed by atoms with Crippen LogP contribution in [0.3, 0.4) is 0 Å². The van der Waals surface area contributed by atoms with Gasteiger partial charge >= 0.3 is 5.97 Å². The van der Waals surface area contributed by atoms with Gasteiger partial charge in [0, 0.05) is 32.7 Å². The van der Waals surface area contributed by atoms with Crippen LogP contribution in [0.1, 0.15) is 123 Å². The van der Waals surface area contributed by atoms with Crippen LogP contribution >= 0.6 is 0 Å². The van der Waals surface area contributed by atoms with E-state index in [1.54, 1.807) is 0 Å². The fraction of sp³-hybridized carbons (Fsp3) is 0.771. The Morgan fingerprint density at radius 2 is 0.974 bits per heavy atom. The molecule has 21 N–H and O–H groups in total. The van der Waals surface area contributed by atoms with Gasteiger partial charge in [0.15, 0.2) is 11.9 Å². The maximum Gasteiger partial charge on any atom is 0.326 e. The first-order chi connectivity index (χ1) is 36.1. The lowest BCUT2D eigenvalue weighted by Crippen LogP contribution is -2.60. The number of carboxylic acid groups (broad SMARTS) is 1. The predicted octanol–water partition coefficient (Wildman–Crippen LogP) is -4.80. The molecule has 76 heavy (non-hydrogen) atoms. The third kappa shape index (κ3) is 20.3. The van der Waals surface area contributed by atoms with Crippen LogP contribution < -0.4 is 66.7 Å². The summed E-state index contributed by atoms with van der Waals surface area (Å²) in [5.41, 5.74) is 39.2. The van der Waals surface area contributed by atoms with E-state index in [-0.39, 0.29) is 108 Å². The summed E-state index contributed by atoms with van der Waals surface area (Å²) in [6, 6.07) is -10.3. The van der Waals surface area contributed by atoms with E-state index in [1.165, 1.54) is 14.7 Å². The lowest BCUT2D eigenvalue weighted by Gasteiger charge is -2.34. The third-order valence-corrected chi connectivity index (χ3v) is 13.6. The number of amides is 8. The summed E-state index contributed by atoms with van der Waals surface area (Å²) in [7, 11) is 0. The maximum atomic E-state index is 14.6. The number of rotatable bonds is 33. The monoisotopic (exact) mass is 1080 g/mol. The lowest BCUT2D eigenvalue weighted by molar-refractivity contribution is -0.149. The van der Waals surface area contributed by atoms with E-state index in [9.17, 15) is 53.4 Å². The van der Waals surface area contributed by atoms with Gasteiger partial charge in [0.2, 0.25) is 47.3 Å². The summed E-state index contributed by atoms with van der Waals surface area (Å²) >= 11 is 0. The number of aliphatic hydroxyl groups is 1. The summed E-state index contributed by atoms with van der Waals surface area (Å²) in [6.07, 6.45) is 5.40. The number of unbranched alkanes of at least 4 members (excludes halogenated alkanes) is 2. The Morgan fingerprint density at radius 3 is 1.50 bits per heavy atom. The number of aliphatic carboxylic acids is 1. The van der Waals surface area contributed by atoms with Gasteiger partial charge in [0.25, 0.3) is 0 Å². The second kappa shape index (κ2) is 32.9. The van der Waals surface area contributed by atoms with Crippen LogP contribution in [-0.2, 0) is 43.2 Å². The van der Waals surface area contributed by atoms with Gasteiger partial charge in [0.1, 0.15) is 48.3 Å². The first-order valence-electron chi connectivity index (χ1n) is 26.7. The standard InChI is InChI=1S/C48H87N17O11/c1-28(2)26-33(61-39(68)30(13-3-5-19-49)58-38(67)29(51)12-7-21-56-47(52)53)44(73)65-25-11-18-37(65)45(74)64-24-10-17-36(64)41(70)59-31(15-8-22-57-48(54)55)43(72)63-23-9-16-35(63)42(71)62-34(27-66)40(69)60-32(46(75)76)14-4-6-20-50/h28-37,66H,3-27,49-51H2,1-2H3,(H,58,67)(H,59,70)(H,60,69)(H,61,68)(H,62,71)(H,75,76)(H4,52,53,56)(H4,54,55,57)/t29-,30-,31-,32-,33-,34-,35-,36-,37-/m0/s1. The average Bonchev–Trinajstić information content (AvgIpc) is 4.19. The van der Waals surface area contributed by atoms with E-state index in [0.717, 1.165) is 0 Å². The van der Waals surface area contributed by atoms with E-state index < -0.39 is 114 Å². The van der Waals surface area contributed by atoms with Crippen molar-refractivity contribution in [2.24, 2.45) is 56.0 Å². The van der Waals surface area contributed by atoms with Gasteiger partial charge in [0.05, 0.1) is 12.6 Å². The second-order valence-electron chi connectivity index (χ2n) is 20.1. The molecule has 3 heterocycles. The molecule has 28 nitrogen and oxygen atoms in total. The van der Waals surface area contributed by atoms with Crippen LogP contribution in [0.25, 0.3) is 0 Å². The molecule has 8 amide bonds. The molecule has 3 aliphatic heterocycles. The average molecular weight is 1080 g/mol. The van der Waals surface area contributed by atoms with Gasteiger partial charge in [-0.2, -0.15) is 0 Å². The van der Waals surface area contributed by atoms with Crippen LogP contribution in [0.5, 0.6) is 0 Å². The van der Waals surface area contributed by atoms with E-state index in [0.29, 0.717) is 64.5 Å². The normalized spacial score (nSPS) is 19.6. The number of carboxylic acids is 1. The number of likely N-dealkylation sites (tertiary alicyclic amines) is 3. The molecule has 0 aliphatic carbocycles. The lowest BCUT2D eigenvalue weighted by atomic mass is 10.0. The number of hydrogen-bond donors (Lipinski definition) is 14. The molecule has 3 rings (SSSR count). The van der Waals surface area contributed by atoms with E-state index in [1.807, 2.05) is 13.8 Å². The highest BCUT2D eigenvalue weighted by Crippen LogP contribution is 2.27. The molecule has 0 saturated carbocycles. The van der Waals surface area contributed by atoms with Crippen molar-refractivity contribution in [2.75, 3.05) is 52.4 Å². The molecule has 0 unspecified atom stereocenters. The highest BCUT2D eigenvalue weighted by Gasteiger charge is 2.45. The predicted molar refractivity (Wildman–Crippen MR) is 282 cm³/mol.